The van der Waals surface area contributed by atoms with Gasteiger partial charge in [0.1, 0.15) is 5.78 Å². The van der Waals surface area contributed by atoms with Gasteiger partial charge in [-0.05, 0) is 12.0 Å². The molecular weight excluding hydrogens is 281 g/mol. The molecule has 0 saturated heterocycles. The second-order valence-corrected chi connectivity index (χ2v) is 6.42. The van der Waals surface area contributed by atoms with E-state index in [2.05, 4.69) is 5.32 Å². The van der Waals surface area contributed by atoms with E-state index in [1.54, 1.807) is 24.3 Å². The van der Waals surface area contributed by atoms with Crippen LogP contribution in [0.5, 0.6) is 0 Å². The summed E-state index contributed by atoms with van der Waals surface area (Å²) >= 11 is 0. The van der Waals surface area contributed by atoms with E-state index in [1.165, 1.54) is 0 Å². The summed E-state index contributed by atoms with van der Waals surface area (Å²) in [5.41, 5.74) is 0.764. The van der Waals surface area contributed by atoms with E-state index in [0.29, 0.717) is 6.42 Å². The van der Waals surface area contributed by atoms with Crippen molar-refractivity contribution in [1.82, 2.24) is 5.32 Å². The van der Waals surface area contributed by atoms with Crippen LogP contribution in [-0.2, 0) is 15.5 Å². The van der Waals surface area contributed by atoms with E-state index < -0.39 is 19.5 Å². The molecule has 6 nitrogen and oxygen atoms in total. The Balaban J connectivity index is 2.77. The number of carbonyl (C=O) groups is 1. The minimum atomic E-state index is -4.04. The van der Waals surface area contributed by atoms with Crippen molar-refractivity contribution in [2.45, 2.75) is 32.0 Å². The third-order valence-electron chi connectivity index (χ3n) is 2.73. The maximum absolute atomic E-state index is 12.1. The third kappa shape index (κ3) is 5.74. The first kappa shape index (κ1) is 16.7. The van der Waals surface area contributed by atoms with Crippen LogP contribution in [-0.4, -0.2) is 28.5 Å². The number of carboxylic acid groups (broad SMARTS) is 1. The fourth-order valence-corrected chi connectivity index (χ4v) is 2.94. The van der Waals surface area contributed by atoms with Crippen molar-refractivity contribution in [2.75, 3.05) is 6.61 Å². The van der Waals surface area contributed by atoms with Crippen molar-refractivity contribution in [3.05, 3.63) is 35.9 Å². The molecule has 20 heavy (non-hydrogen) atoms. The largest absolute Gasteiger partial charge is 0.465 e. The maximum Gasteiger partial charge on any atom is 0.405 e. The molecule has 7 heteroatoms. The highest BCUT2D eigenvalue weighted by Gasteiger charge is 2.33. The van der Waals surface area contributed by atoms with Crippen LogP contribution in [0.25, 0.3) is 0 Å². The summed E-state index contributed by atoms with van der Waals surface area (Å²) in [5, 5.41) is 10.9. The summed E-state index contributed by atoms with van der Waals surface area (Å²) in [6.45, 7) is 2.07. The van der Waals surface area contributed by atoms with Crippen LogP contribution in [0.15, 0.2) is 30.3 Å². The Labute approximate surface area is 118 Å². The molecule has 0 saturated carbocycles. The SMILES string of the molecule is CCCCOP(=O)(O)[C@H](Cc1ccccc1)NC(=O)O. The highest BCUT2D eigenvalue weighted by atomic mass is 31.2. The average molecular weight is 301 g/mol. The first-order chi connectivity index (χ1) is 9.45. The Morgan fingerprint density at radius 2 is 2.05 bits per heavy atom. The van der Waals surface area contributed by atoms with Crippen LogP contribution in [0, 0.1) is 0 Å². The van der Waals surface area contributed by atoms with Crippen molar-refractivity contribution in [3.63, 3.8) is 0 Å². The molecule has 1 rings (SSSR count). The first-order valence-corrected chi connectivity index (χ1v) is 8.10. The van der Waals surface area contributed by atoms with Crippen LogP contribution < -0.4 is 5.32 Å². The van der Waals surface area contributed by atoms with Gasteiger partial charge in [-0.3, -0.25) is 4.57 Å². The smallest absolute Gasteiger partial charge is 0.405 e. The van der Waals surface area contributed by atoms with Gasteiger partial charge in [-0.1, -0.05) is 43.7 Å². The highest BCUT2D eigenvalue weighted by molar-refractivity contribution is 7.53. The number of amides is 1. The van der Waals surface area contributed by atoms with Crippen molar-refractivity contribution in [1.29, 1.82) is 0 Å². The summed E-state index contributed by atoms with van der Waals surface area (Å²) in [5.74, 6) is -1.17. The predicted molar refractivity (Wildman–Crippen MR) is 75.8 cm³/mol. The summed E-state index contributed by atoms with van der Waals surface area (Å²) in [6, 6.07) is 8.92. The fourth-order valence-electron chi connectivity index (χ4n) is 1.66. The van der Waals surface area contributed by atoms with Crippen LogP contribution in [0.3, 0.4) is 0 Å². The maximum atomic E-state index is 12.1. The quantitative estimate of drug-likeness (QED) is 0.507. The second-order valence-electron chi connectivity index (χ2n) is 4.41. The number of unbranched alkanes of at least 4 members (excludes halogenated alkanes) is 1. The molecule has 1 aromatic rings. The molecule has 0 fully saturated rings. The molecule has 0 aromatic heterocycles. The van der Waals surface area contributed by atoms with Gasteiger partial charge in [0, 0.05) is 6.42 Å². The molecule has 1 amide bonds. The third-order valence-corrected chi connectivity index (χ3v) is 4.38. The molecule has 0 aliphatic carbocycles. The monoisotopic (exact) mass is 301 g/mol. The standard InChI is InChI=1S/C13H20NO5P/c1-2-3-9-19-20(17,18)12(14-13(15)16)10-11-7-5-4-6-8-11/h4-8,12,14H,2-3,9-10H2,1H3,(H,15,16)(H,17,18)/t12-/m1/s1. The normalized spacial score (nSPS) is 15.3. The lowest BCUT2D eigenvalue weighted by molar-refractivity contribution is 0.187. The van der Waals surface area contributed by atoms with Crippen LogP contribution in [0.2, 0.25) is 0 Å². The molecular formula is C13H20NO5P. The zero-order valence-corrected chi connectivity index (χ0v) is 12.3. The van der Waals surface area contributed by atoms with E-state index in [4.69, 9.17) is 9.63 Å². The molecule has 1 aromatic carbocycles. The molecule has 1 unspecified atom stereocenters. The summed E-state index contributed by atoms with van der Waals surface area (Å²) in [7, 11) is -4.04. The summed E-state index contributed by atoms with van der Waals surface area (Å²) in [4.78, 5) is 20.7. The Morgan fingerprint density at radius 1 is 1.40 bits per heavy atom. The molecule has 112 valence electrons. The van der Waals surface area contributed by atoms with Gasteiger partial charge < -0.3 is 19.8 Å². The molecule has 0 heterocycles. The summed E-state index contributed by atoms with van der Waals surface area (Å²) in [6.07, 6.45) is 0.234. The minimum absolute atomic E-state index is 0.104. The molecule has 3 N–H and O–H groups in total. The van der Waals surface area contributed by atoms with E-state index >= 15 is 0 Å². The van der Waals surface area contributed by atoms with E-state index in [1.807, 2.05) is 13.0 Å². The number of hydrogen-bond acceptors (Lipinski definition) is 3. The average Bonchev–Trinajstić information content (AvgIpc) is 2.39. The van der Waals surface area contributed by atoms with Gasteiger partial charge >= 0.3 is 13.7 Å². The van der Waals surface area contributed by atoms with Gasteiger partial charge in [-0.25, -0.2) is 4.79 Å². The number of nitrogens with one attached hydrogen (secondary N) is 1. The lowest BCUT2D eigenvalue weighted by Gasteiger charge is -2.22. The Morgan fingerprint density at radius 3 is 2.60 bits per heavy atom. The van der Waals surface area contributed by atoms with E-state index in [0.717, 1.165) is 12.0 Å². The lowest BCUT2D eigenvalue weighted by Crippen LogP contribution is -2.35. The number of hydrogen-bond donors (Lipinski definition) is 3. The fraction of sp³-hybridized carbons (Fsp3) is 0.462. The van der Waals surface area contributed by atoms with Crippen molar-refractivity contribution >= 4 is 13.7 Å². The highest BCUT2D eigenvalue weighted by Crippen LogP contribution is 2.47. The molecule has 0 aliphatic heterocycles. The van der Waals surface area contributed by atoms with Crippen LogP contribution in [0.4, 0.5) is 4.79 Å². The van der Waals surface area contributed by atoms with Gasteiger partial charge in [0.05, 0.1) is 6.61 Å². The summed E-state index contributed by atoms with van der Waals surface area (Å²) < 4.78 is 17.1. The van der Waals surface area contributed by atoms with Gasteiger partial charge in [0.25, 0.3) is 0 Å². The van der Waals surface area contributed by atoms with E-state index in [9.17, 15) is 14.3 Å². The van der Waals surface area contributed by atoms with Gasteiger partial charge in [-0.15, -0.1) is 0 Å². The Kier molecular flexibility index (Phi) is 6.71. The zero-order chi connectivity index (χ0) is 15.0. The van der Waals surface area contributed by atoms with Crippen molar-refractivity contribution in [3.8, 4) is 0 Å². The molecule has 0 spiro atoms. The Bertz CT molecular complexity index is 465. The number of rotatable bonds is 8. The molecule has 0 aliphatic rings. The Hall–Kier alpha value is -1.36. The van der Waals surface area contributed by atoms with Crippen molar-refractivity contribution < 1.29 is 23.9 Å². The van der Waals surface area contributed by atoms with Crippen LogP contribution >= 0.6 is 7.60 Å². The lowest BCUT2D eigenvalue weighted by atomic mass is 10.1. The van der Waals surface area contributed by atoms with Gasteiger partial charge in [0.15, 0.2) is 0 Å². The second kappa shape index (κ2) is 8.04. The predicted octanol–water partition coefficient (Wildman–Crippen LogP) is 2.82. The van der Waals surface area contributed by atoms with Gasteiger partial charge in [0.2, 0.25) is 0 Å². The topological polar surface area (TPSA) is 95.9 Å². The first-order valence-electron chi connectivity index (χ1n) is 6.46. The minimum Gasteiger partial charge on any atom is -0.465 e. The number of benzene rings is 1. The molecule has 0 radical (unpaired) electrons. The van der Waals surface area contributed by atoms with Crippen molar-refractivity contribution in [2.24, 2.45) is 0 Å². The molecule has 2 atom stereocenters. The van der Waals surface area contributed by atoms with Gasteiger partial charge in [-0.2, -0.15) is 0 Å². The zero-order valence-electron chi connectivity index (χ0n) is 11.4. The van der Waals surface area contributed by atoms with E-state index in [-0.39, 0.29) is 13.0 Å². The van der Waals surface area contributed by atoms with Crippen LogP contribution in [0.1, 0.15) is 25.3 Å². The molecule has 0 bridgehead atoms.